The van der Waals surface area contributed by atoms with Crippen LogP contribution < -0.4 is 10.2 Å². The van der Waals surface area contributed by atoms with E-state index in [1.165, 1.54) is 23.4 Å². The van der Waals surface area contributed by atoms with Crippen LogP contribution in [-0.2, 0) is 13.1 Å². The van der Waals surface area contributed by atoms with Gasteiger partial charge in [0.25, 0.3) is 0 Å². The smallest absolute Gasteiger partial charge is 0.195 e. The van der Waals surface area contributed by atoms with Crippen molar-refractivity contribution in [2.75, 3.05) is 11.9 Å². The zero-order valence-electron chi connectivity index (χ0n) is 12.0. The molecule has 4 nitrogen and oxygen atoms in total. The molecule has 3 aromatic heterocycles. The Morgan fingerprint density at radius 3 is 3.00 bits per heavy atom. The van der Waals surface area contributed by atoms with Crippen LogP contribution in [0.4, 0.5) is 5.82 Å². The first-order valence-corrected chi connectivity index (χ1v) is 9.01. The molecule has 1 saturated carbocycles. The molecule has 0 aliphatic heterocycles. The summed E-state index contributed by atoms with van der Waals surface area (Å²) in [7, 11) is 2.00. The third-order valence-electron chi connectivity index (χ3n) is 3.85. The fourth-order valence-corrected chi connectivity index (χ4v) is 4.15. The molecule has 0 radical (unpaired) electrons. The summed E-state index contributed by atoms with van der Waals surface area (Å²) in [5.74, 6) is 1.16. The van der Waals surface area contributed by atoms with Crippen molar-refractivity contribution in [1.29, 1.82) is 0 Å². The van der Waals surface area contributed by atoms with Gasteiger partial charge in [-0.2, -0.15) is 0 Å². The summed E-state index contributed by atoms with van der Waals surface area (Å²) in [4.78, 5) is 9.90. The van der Waals surface area contributed by atoms with Crippen LogP contribution in [0.2, 0.25) is 0 Å². The number of aromatic nitrogens is 2. The molecular formula is C15H18N4S2. The van der Waals surface area contributed by atoms with Gasteiger partial charge in [0.1, 0.15) is 0 Å². The second kappa shape index (κ2) is 5.44. The number of thiazole rings is 1. The van der Waals surface area contributed by atoms with Crippen molar-refractivity contribution in [3.05, 3.63) is 39.7 Å². The van der Waals surface area contributed by atoms with Crippen LogP contribution in [0, 0.1) is 0 Å². The molecule has 1 aliphatic carbocycles. The highest BCUT2D eigenvalue weighted by Crippen LogP contribution is 2.36. The molecule has 1 aliphatic rings. The van der Waals surface area contributed by atoms with E-state index < -0.39 is 0 Å². The number of nitrogens with zero attached hydrogens (tertiary/aromatic N) is 3. The number of fused-ring (bicyclic) bond motifs is 1. The predicted octanol–water partition coefficient (Wildman–Crippen LogP) is 3.35. The summed E-state index contributed by atoms with van der Waals surface area (Å²) in [6.45, 7) is 1.82. The van der Waals surface area contributed by atoms with Crippen molar-refractivity contribution in [1.82, 2.24) is 14.7 Å². The van der Waals surface area contributed by atoms with Crippen molar-refractivity contribution in [3.8, 4) is 0 Å². The Morgan fingerprint density at radius 1 is 1.38 bits per heavy atom. The van der Waals surface area contributed by atoms with Gasteiger partial charge in [-0.15, -0.1) is 22.7 Å². The fraction of sp³-hybridized carbons (Fsp3) is 0.400. The standard InChI is InChI=1S/C15H18N4S2/c1-16-9-13-14(17-15-18(13)6-8-21-15)19(11-4-5-11)10-12-3-2-7-20-12/h2-3,6-8,11,16H,4-5,9-10H2,1H3. The highest BCUT2D eigenvalue weighted by atomic mass is 32.1. The molecule has 0 saturated heterocycles. The lowest BCUT2D eigenvalue weighted by Gasteiger charge is -2.23. The molecular weight excluding hydrogens is 300 g/mol. The van der Waals surface area contributed by atoms with Crippen LogP contribution in [0.1, 0.15) is 23.4 Å². The molecule has 1 fully saturated rings. The molecule has 0 aromatic carbocycles. The van der Waals surface area contributed by atoms with Crippen molar-refractivity contribution >= 4 is 33.5 Å². The average molecular weight is 318 g/mol. The molecule has 0 atom stereocenters. The maximum atomic E-state index is 4.91. The number of thiophene rings is 1. The molecule has 3 heterocycles. The van der Waals surface area contributed by atoms with Crippen molar-refractivity contribution < 1.29 is 0 Å². The van der Waals surface area contributed by atoms with E-state index in [1.54, 1.807) is 11.3 Å². The van der Waals surface area contributed by atoms with Gasteiger partial charge < -0.3 is 10.2 Å². The molecule has 21 heavy (non-hydrogen) atoms. The van der Waals surface area contributed by atoms with Crippen LogP contribution in [-0.4, -0.2) is 22.5 Å². The monoisotopic (exact) mass is 318 g/mol. The largest absolute Gasteiger partial charge is 0.347 e. The summed E-state index contributed by atoms with van der Waals surface area (Å²) in [6.07, 6.45) is 4.70. The van der Waals surface area contributed by atoms with Gasteiger partial charge in [0.05, 0.1) is 12.2 Å². The topological polar surface area (TPSA) is 32.6 Å². The minimum absolute atomic E-state index is 0.660. The zero-order chi connectivity index (χ0) is 14.2. The van der Waals surface area contributed by atoms with Gasteiger partial charge in [-0.1, -0.05) is 6.07 Å². The summed E-state index contributed by atoms with van der Waals surface area (Å²) < 4.78 is 2.22. The second-order valence-electron chi connectivity index (χ2n) is 5.41. The van der Waals surface area contributed by atoms with E-state index >= 15 is 0 Å². The van der Waals surface area contributed by atoms with Crippen molar-refractivity contribution in [2.24, 2.45) is 0 Å². The van der Waals surface area contributed by atoms with Gasteiger partial charge in [0.2, 0.25) is 0 Å². The van der Waals surface area contributed by atoms with Crippen molar-refractivity contribution in [3.63, 3.8) is 0 Å². The zero-order valence-corrected chi connectivity index (χ0v) is 13.6. The highest BCUT2D eigenvalue weighted by Gasteiger charge is 2.33. The molecule has 0 spiro atoms. The molecule has 6 heteroatoms. The number of rotatable bonds is 6. The molecule has 0 amide bonds. The van der Waals surface area contributed by atoms with Gasteiger partial charge in [-0.05, 0) is 31.3 Å². The first-order chi connectivity index (χ1) is 10.4. The van der Waals surface area contributed by atoms with E-state index in [-0.39, 0.29) is 0 Å². The van der Waals surface area contributed by atoms with E-state index in [9.17, 15) is 0 Å². The van der Waals surface area contributed by atoms with Gasteiger partial charge in [-0.3, -0.25) is 4.40 Å². The average Bonchev–Trinajstić information content (AvgIpc) is 2.88. The Bertz CT molecular complexity index is 724. The van der Waals surface area contributed by atoms with Crippen molar-refractivity contribution in [2.45, 2.75) is 32.0 Å². The minimum Gasteiger partial charge on any atom is -0.347 e. The molecule has 0 unspecified atom stereocenters. The molecule has 1 N–H and O–H groups in total. The van der Waals surface area contributed by atoms with E-state index in [0.29, 0.717) is 6.04 Å². The predicted molar refractivity (Wildman–Crippen MR) is 89.4 cm³/mol. The lowest BCUT2D eigenvalue weighted by Crippen LogP contribution is -2.27. The quantitative estimate of drug-likeness (QED) is 0.756. The van der Waals surface area contributed by atoms with Gasteiger partial charge >= 0.3 is 0 Å². The van der Waals surface area contributed by atoms with Gasteiger partial charge in [0.15, 0.2) is 10.8 Å². The van der Waals surface area contributed by atoms with Crippen LogP contribution in [0.15, 0.2) is 29.1 Å². The van der Waals surface area contributed by atoms with Gasteiger partial charge in [-0.25, -0.2) is 4.98 Å². The summed E-state index contributed by atoms with van der Waals surface area (Å²) in [5, 5.41) is 7.54. The number of nitrogens with one attached hydrogen (secondary N) is 1. The Hall–Kier alpha value is -1.37. The number of anilines is 1. The summed E-state index contributed by atoms with van der Waals surface area (Å²) in [6, 6.07) is 5.01. The SMILES string of the molecule is CNCc1c(N(Cc2cccs2)C2CC2)nc2sccn12. The van der Waals surface area contributed by atoms with E-state index in [4.69, 9.17) is 4.98 Å². The Labute approximate surface area is 132 Å². The number of hydrogen-bond donors (Lipinski definition) is 1. The molecule has 3 aromatic rings. The summed E-state index contributed by atoms with van der Waals surface area (Å²) >= 11 is 3.54. The van der Waals surface area contributed by atoms with E-state index in [2.05, 4.69) is 43.7 Å². The Kier molecular flexibility index (Phi) is 3.45. The van der Waals surface area contributed by atoms with Crippen LogP contribution in [0.3, 0.4) is 0 Å². The maximum absolute atomic E-state index is 4.91. The van der Waals surface area contributed by atoms with E-state index in [1.807, 2.05) is 18.4 Å². The fourth-order valence-electron chi connectivity index (χ4n) is 2.72. The number of imidazole rings is 1. The third-order valence-corrected chi connectivity index (χ3v) is 5.47. The molecule has 110 valence electrons. The maximum Gasteiger partial charge on any atom is 0.195 e. The minimum atomic E-state index is 0.660. The van der Waals surface area contributed by atoms with Crippen LogP contribution >= 0.6 is 22.7 Å². The molecule has 4 rings (SSSR count). The van der Waals surface area contributed by atoms with Crippen LogP contribution in [0.25, 0.3) is 4.96 Å². The lowest BCUT2D eigenvalue weighted by atomic mass is 10.3. The highest BCUT2D eigenvalue weighted by molar-refractivity contribution is 7.15. The van der Waals surface area contributed by atoms with Crippen LogP contribution in [0.5, 0.6) is 0 Å². The Balaban J connectivity index is 1.74. The number of hydrogen-bond acceptors (Lipinski definition) is 5. The first kappa shape index (κ1) is 13.3. The third kappa shape index (κ3) is 2.47. The Morgan fingerprint density at radius 2 is 2.29 bits per heavy atom. The summed E-state index contributed by atoms with van der Waals surface area (Å²) in [5.41, 5.74) is 1.28. The second-order valence-corrected chi connectivity index (χ2v) is 7.31. The normalized spacial score (nSPS) is 14.9. The molecule has 0 bridgehead atoms. The first-order valence-electron chi connectivity index (χ1n) is 7.25. The lowest BCUT2D eigenvalue weighted by molar-refractivity contribution is 0.745. The van der Waals surface area contributed by atoms with E-state index in [0.717, 1.165) is 23.9 Å². The van der Waals surface area contributed by atoms with Gasteiger partial charge in [0, 0.05) is 29.0 Å².